The third kappa shape index (κ3) is 3.46. The van der Waals surface area contributed by atoms with Gasteiger partial charge in [0, 0.05) is 6.07 Å². The molecule has 0 aliphatic rings. The molecular formula is C10H10FN3O4S. The Morgan fingerprint density at radius 3 is 2.53 bits per heavy atom. The molecule has 0 unspecified atom stereocenters. The van der Waals surface area contributed by atoms with Gasteiger partial charge in [0.25, 0.3) is 0 Å². The molecule has 0 spiro atoms. The van der Waals surface area contributed by atoms with E-state index in [0.29, 0.717) is 12.1 Å². The third-order valence-electron chi connectivity index (χ3n) is 2.09. The molecule has 0 saturated carbocycles. The SMILES string of the molecule is CC(C)(C#N)NS(=O)(=O)c1ccc(F)c([N+](=O)[O-])c1. The molecule has 0 aromatic heterocycles. The van der Waals surface area contributed by atoms with Gasteiger partial charge in [-0.1, -0.05) is 0 Å². The Balaban J connectivity index is 3.28. The largest absolute Gasteiger partial charge is 0.306 e. The van der Waals surface area contributed by atoms with E-state index in [1.165, 1.54) is 13.8 Å². The Morgan fingerprint density at radius 1 is 1.47 bits per heavy atom. The van der Waals surface area contributed by atoms with Crippen molar-refractivity contribution in [2.24, 2.45) is 0 Å². The van der Waals surface area contributed by atoms with Crippen LogP contribution in [0.3, 0.4) is 0 Å². The van der Waals surface area contributed by atoms with Crippen LogP contribution in [0.5, 0.6) is 0 Å². The summed E-state index contributed by atoms with van der Waals surface area (Å²) in [7, 11) is -4.15. The molecule has 0 atom stereocenters. The second-order valence-corrected chi connectivity index (χ2v) is 5.90. The molecule has 19 heavy (non-hydrogen) atoms. The number of rotatable bonds is 4. The lowest BCUT2D eigenvalue weighted by atomic mass is 10.1. The van der Waals surface area contributed by atoms with Crippen molar-refractivity contribution in [3.63, 3.8) is 0 Å². The maximum atomic E-state index is 13.1. The molecule has 9 heteroatoms. The van der Waals surface area contributed by atoms with Gasteiger partial charge in [0.05, 0.1) is 15.9 Å². The van der Waals surface area contributed by atoms with E-state index in [9.17, 15) is 22.9 Å². The van der Waals surface area contributed by atoms with Crippen LogP contribution in [0.2, 0.25) is 0 Å². The van der Waals surface area contributed by atoms with E-state index in [4.69, 9.17) is 5.26 Å². The van der Waals surface area contributed by atoms with Gasteiger partial charge in [-0.15, -0.1) is 0 Å². The molecular weight excluding hydrogens is 277 g/mol. The molecule has 0 saturated heterocycles. The average molecular weight is 287 g/mol. The highest BCUT2D eigenvalue weighted by Gasteiger charge is 2.28. The van der Waals surface area contributed by atoms with Crippen molar-refractivity contribution < 1.29 is 17.7 Å². The zero-order valence-corrected chi connectivity index (χ0v) is 10.9. The molecule has 1 aromatic carbocycles. The number of hydrogen-bond donors (Lipinski definition) is 1. The van der Waals surface area contributed by atoms with Gasteiger partial charge in [-0.2, -0.15) is 14.4 Å². The fourth-order valence-corrected chi connectivity index (χ4v) is 2.57. The molecule has 0 bridgehead atoms. The molecule has 0 fully saturated rings. The summed E-state index contributed by atoms with van der Waals surface area (Å²) in [6.07, 6.45) is 0. The van der Waals surface area contributed by atoms with E-state index in [0.717, 1.165) is 6.07 Å². The van der Waals surface area contributed by atoms with Crippen molar-refractivity contribution in [1.82, 2.24) is 4.72 Å². The van der Waals surface area contributed by atoms with Crippen molar-refractivity contribution in [2.75, 3.05) is 0 Å². The summed E-state index contributed by atoms with van der Waals surface area (Å²) in [6, 6.07) is 3.89. The van der Waals surface area contributed by atoms with Crippen molar-refractivity contribution in [2.45, 2.75) is 24.3 Å². The molecule has 1 N–H and O–H groups in total. The number of nitrogens with one attached hydrogen (secondary N) is 1. The molecule has 0 amide bonds. The normalized spacial score (nSPS) is 11.9. The predicted octanol–water partition coefficient (Wildman–Crippen LogP) is 1.31. The summed E-state index contributed by atoms with van der Waals surface area (Å²) in [5.74, 6) is -1.14. The van der Waals surface area contributed by atoms with Crippen molar-refractivity contribution in [1.29, 1.82) is 5.26 Å². The third-order valence-corrected chi connectivity index (χ3v) is 3.75. The Morgan fingerprint density at radius 2 is 2.05 bits per heavy atom. The molecule has 102 valence electrons. The van der Waals surface area contributed by atoms with Crippen molar-refractivity contribution in [3.8, 4) is 6.07 Å². The maximum absolute atomic E-state index is 13.1. The summed E-state index contributed by atoms with van der Waals surface area (Å²) < 4.78 is 38.9. The van der Waals surface area contributed by atoms with Gasteiger partial charge in [-0.25, -0.2) is 8.42 Å². The van der Waals surface area contributed by atoms with Crippen LogP contribution >= 0.6 is 0 Å². The lowest BCUT2D eigenvalue weighted by Crippen LogP contribution is -2.41. The quantitative estimate of drug-likeness (QED) is 0.662. The second kappa shape index (κ2) is 4.91. The number of halogens is 1. The minimum Gasteiger partial charge on any atom is -0.258 e. The standard InChI is InChI=1S/C10H10FN3O4S/c1-10(2,6-12)13-19(17,18)7-3-4-8(11)9(5-7)14(15)16/h3-5,13H,1-2H3. The maximum Gasteiger partial charge on any atom is 0.306 e. The van der Waals surface area contributed by atoms with Gasteiger partial charge >= 0.3 is 5.69 Å². The first kappa shape index (κ1) is 15.0. The molecule has 1 aromatic rings. The molecule has 0 radical (unpaired) electrons. The monoisotopic (exact) mass is 287 g/mol. The second-order valence-electron chi connectivity index (χ2n) is 4.21. The highest BCUT2D eigenvalue weighted by atomic mass is 32.2. The van der Waals surface area contributed by atoms with Crippen LogP contribution in [-0.2, 0) is 10.0 Å². The number of nitro groups is 1. The molecule has 0 heterocycles. The smallest absolute Gasteiger partial charge is 0.258 e. The highest BCUT2D eigenvalue weighted by molar-refractivity contribution is 7.89. The Labute approximate surface area is 108 Å². The van der Waals surface area contributed by atoms with Gasteiger partial charge in [-0.3, -0.25) is 10.1 Å². The summed E-state index contributed by atoms with van der Waals surface area (Å²) in [5, 5.41) is 19.3. The van der Waals surface area contributed by atoms with Crippen molar-refractivity contribution in [3.05, 3.63) is 34.1 Å². The number of nitro benzene ring substituents is 1. The van der Waals surface area contributed by atoms with Gasteiger partial charge in [-0.05, 0) is 26.0 Å². The molecule has 0 aliphatic heterocycles. The van der Waals surface area contributed by atoms with E-state index < -0.39 is 36.9 Å². The highest BCUT2D eigenvalue weighted by Crippen LogP contribution is 2.22. The Hall–Kier alpha value is -2.05. The summed E-state index contributed by atoms with van der Waals surface area (Å²) in [4.78, 5) is 9.03. The molecule has 0 aliphatic carbocycles. The topological polar surface area (TPSA) is 113 Å². The molecule has 7 nitrogen and oxygen atoms in total. The number of benzene rings is 1. The summed E-state index contributed by atoms with van der Waals surface area (Å²) >= 11 is 0. The van der Waals surface area contributed by atoms with Crippen LogP contribution in [0.1, 0.15) is 13.8 Å². The number of nitrogens with zero attached hydrogens (tertiary/aromatic N) is 2. The van der Waals surface area contributed by atoms with Gasteiger partial charge < -0.3 is 0 Å². The average Bonchev–Trinajstić information content (AvgIpc) is 2.27. The Bertz CT molecular complexity index is 664. The van der Waals surface area contributed by atoms with E-state index in [-0.39, 0.29) is 0 Å². The molecule has 1 rings (SSSR count). The number of hydrogen-bond acceptors (Lipinski definition) is 5. The minimum atomic E-state index is -4.15. The fourth-order valence-electron chi connectivity index (χ4n) is 1.22. The number of nitriles is 1. The van der Waals surface area contributed by atoms with Gasteiger partial charge in [0.2, 0.25) is 15.8 Å². The van der Waals surface area contributed by atoms with Crippen LogP contribution < -0.4 is 4.72 Å². The zero-order chi connectivity index (χ0) is 14.8. The first-order valence-electron chi connectivity index (χ1n) is 4.98. The van der Waals surface area contributed by atoms with Crippen LogP contribution in [0.25, 0.3) is 0 Å². The van der Waals surface area contributed by atoms with Gasteiger partial charge in [0.15, 0.2) is 0 Å². The van der Waals surface area contributed by atoms with E-state index in [1.54, 1.807) is 6.07 Å². The van der Waals surface area contributed by atoms with Crippen LogP contribution in [-0.4, -0.2) is 18.9 Å². The first-order valence-corrected chi connectivity index (χ1v) is 6.46. The van der Waals surface area contributed by atoms with E-state index in [2.05, 4.69) is 4.72 Å². The number of sulfonamides is 1. The summed E-state index contributed by atoms with van der Waals surface area (Å²) in [6.45, 7) is 2.64. The first-order chi connectivity index (χ1) is 8.59. The minimum absolute atomic E-state index is 0.482. The van der Waals surface area contributed by atoms with Gasteiger partial charge in [0.1, 0.15) is 5.54 Å². The lowest BCUT2D eigenvalue weighted by Gasteiger charge is -2.17. The Kier molecular flexibility index (Phi) is 3.88. The zero-order valence-electron chi connectivity index (χ0n) is 10.0. The van der Waals surface area contributed by atoms with E-state index in [1.807, 2.05) is 0 Å². The van der Waals surface area contributed by atoms with Crippen LogP contribution in [0, 0.1) is 27.3 Å². The van der Waals surface area contributed by atoms with E-state index >= 15 is 0 Å². The predicted molar refractivity (Wildman–Crippen MR) is 63.1 cm³/mol. The van der Waals surface area contributed by atoms with Crippen LogP contribution in [0.15, 0.2) is 23.1 Å². The lowest BCUT2D eigenvalue weighted by molar-refractivity contribution is -0.387. The fraction of sp³-hybridized carbons (Fsp3) is 0.300. The van der Waals surface area contributed by atoms with Crippen molar-refractivity contribution >= 4 is 15.7 Å². The summed E-state index contributed by atoms with van der Waals surface area (Å²) in [5.41, 5.74) is -2.33. The van der Waals surface area contributed by atoms with Crippen LogP contribution in [0.4, 0.5) is 10.1 Å².